The van der Waals surface area contributed by atoms with Gasteiger partial charge in [0.25, 0.3) is 11.8 Å². The number of fused-ring (bicyclic) bond motifs is 1. The number of hydrogen-bond acceptors (Lipinski definition) is 5. The van der Waals surface area contributed by atoms with Crippen molar-refractivity contribution in [2.24, 2.45) is 0 Å². The lowest BCUT2D eigenvalue weighted by atomic mass is 10.0. The van der Waals surface area contributed by atoms with E-state index in [1.165, 1.54) is 5.01 Å². The van der Waals surface area contributed by atoms with Gasteiger partial charge in [0.2, 0.25) is 0 Å². The number of amides is 2. The molecule has 8 heteroatoms. The summed E-state index contributed by atoms with van der Waals surface area (Å²) in [5.74, 6) is 0.374. The van der Waals surface area contributed by atoms with Gasteiger partial charge in [-0.3, -0.25) is 15.0 Å². The molecule has 1 heterocycles. The van der Waals surface area contributed by atoms with Crippen LogP contribution in [-0.2, 0) is 0 Å². The fraction of sp³-hybridized carbons (Fsp3) is 0.130. The summed E-state index contributed by atoms with van der Waals surface area (Å²) in [6.45, 7) is 0. The number of hydrogen-bond donors (Lipinski definition) is 2. The Labute approximate surface area is 188 Å². The molecular formula is C23H20BrN3O4. The third-order valence-electron chi connectivity index (χ3n) is 4.98. The molecule has 31 heavy (non-hydrogen) atoms. The van der Waals surface area contributed by atoms with Gasteiger partial charge in [0.1, 0.15) is 6.17 Å². The zero-order valence-electron chi connectivity index (χ0n) is 16.9. The van der Waals surface area contributed by atoms with Crippen LogP contribution in [-0.4, -0.2) is 31.0 Å². The van der Waals surface area contributed by atoms with Gasteiger partial charge < -0.3 is 14.8 Å². The molecule has 0 aromatic heterocycles. The van der Waals surface area contributed by atoms with Gasteiger partial charge in [0.15, 0.2) is 11.5 Å². The molecule has 0 saturated carbocycles. The van der Waals surface area contributed by atoms with Crippen LogP contribution in [0, 0.1) is 0 Å². The van der Waals surface area contributed by atoms with Gasteiger partial charge in [0.05, 0.1) is 19.8 Å². The zero-order chi connectivity index (χ0) is 22.0. The minimum absolute atomic E-state index is 0.320. The van der Waals surface area contributed by atoms with E-state index in [0.29, 0.717) is 28.3 Å². The second-order valence-electron chi connectivity index (χ2n) is 6.83. The molecular weight excluding hydrogens is 462 g/mol. The largest absolute Gasteiger partial charge is 0.493 e. The molecule has 3 aromatic rings. The van der Waals surface area contributed by atoms with Gasteiger partial charge in [-0.25, -0.2) is 5.01 Å². The highest BCUT2D eigenvalue weighted by Gasteiger charge is 2.34. The highest BCUT2D eigenvalue weighted by atomic mass is 79.9. The van der Waals surface area contributed by atoms with Crippen molar-refractivity contribution in [1.82, 2.24) is 10.4 Å². The van der Waals surface area contributed by atoms with Crippen LogP contribution < -0.4 is 20.2 Å². The summed E-state index contributed by atoms with van der Waals surface area (Å²) in [6, 6.07) is 19.4. The van der Waals surface area contributed by atoms with Gasteiger partial charge in [0, 0.05) is 21.3 Å². The van der Waals surface area contributed by atoms with Gasteiger partial charge in [-0.2, -0.15) is 0 Å². The minimum Gasteiger partial charge on any atom is -0.493 e. The number of hydrazine groups is 1. The average molecular weight is 482 g/mol. The van der Waals surface area contributed by atoms with Crippen LogP contribution in [0.4, 0.5) is 5.69 Å². The van der Waals surface area contributed by atoms with Gasteiger partial charge in [-0.05, 0) is 48.5 Å². The topological polar surface area (TPSA) is 79.9 Å². The zero-order valence-corrected chi connectivity index (χ0v) is 18.5. The average Bonchev–Trinajstić information content (AvgIpc) is 2.80. The van der Waals surface area contributed by atoms with Crippen LogP contribution in [0.15, 0.2) is 71.2 Å². The summed E-state index contributed by atoms with van der Waals surface area (Å²) in [4.78, 5) is 26.2. The number of carbonyl (C=O) groups is 2. The number of nitrogens with zero attached hydrogens (tertiary/aromatic N) is 1. The minimum atomic E-state index is -0.651. The van der Waals surface area contributed by atoms with Crippen molar-refractivity contribution < 1.29 is 19.1 Å². The van der Waals surface area contributed by atoms with E-state index in [-0.39, 0.29) is 5.91 Å². The maximum absolute atomic E-state index is 13.3. The first-order valence-corrected chi connectivity index (χ1v) is 10.3. The first kappa shape index (κ1) is 20.7. The van der Waals surface area contributed by atoms with Crippen molar-refractivity contribution in [3.8, 4) is 11.5 Å². The number of ether oxygens (including phenoxy) is 2. The Morgan fingerprint density at radius 1 is 1.00 bits per heavy atom. The van der Waals surface area contributed by atoms with Crippen LogP contribution in [0.5, 0.6) is 11.5 Å². The lowest BCUT2D eigenvalue weighted by Gasteiger charge is -2.37. The maximum Gasteiger partial charge on any atom is 0.276 e. The predicted molar refractivity (Wildman–Crippen MR) is 120 cm³/mol. The Balaban J connectivity index is 1.73. The van der Waals surface area contributed by atoms with E-state index in [0.717, 1.165) is 10.0 Å². The Hall–Kier alpha value is -3.52. The van der Waals surface area contributed by atoms with Crippen LogP contribution in [0.25, 0.3) is 0 Å². The molecule has 2 amide bonds. The standard InChI is InChI=1S/C23H20BrN3O4/c1-30-19-12-9-15(13-20(19)31-2)21-25-18-6-4-3-5-17(18)23(29)27(21)26-22(28)14-7-10-16(24)11-8-14/h3-13,21,25H,1-2H3,(H,26,28)/t21-/m0/s1. The molecule has 3 aromatic carbocycles. The Kier molecular flexibility index (Phi) is 5.81. The summed E-state index contributed by atoms with van der Waals surface area (Å²) >= 11 is 3.36. The molecule has 1 aliphatic rings. The predicted octanol–water partition coefficient (Wildman–Crippen LogP) is 4.38. The summed E-state index contributed by atoms with van der Waals surface area (Å²) in [5, 5.41) is 4.63. The smallest absolute Gasteiger partial charge is 0.276 e. The second-order valence-corrected chi connectivity index (χ2v) is 7.75. The highest BCUT2D eigenvalue weighted by Crippen LogP contribution is 2.36. The third kappa shape index (κ3) is 4.06. The highest BCUT2D eigenvalue weighted by molar-refractivity contribution is 9.10. The van der Waals surface area contributed by atoms with E-state index in [9.17, 15) is 9.59 Å². The van der Waals surface area contributed by atoms with E-state index < -0.39 is 12.1 Å². The van der Waals surface area contributed by atoms with E-state index >= 15 is 0 Å². The molecule has 1 atom stereocenters. The van der Waals surface area contributed by atoms with E-state index in [1.807, 2.05) is 18.2 Å². The van der Waals surface area contributed by atoms with Gasteiger partial charge >= 0.3 is 0 Å². The lowest BCUT2D eigenvalue weighted by molar-refractivity contribution is 0.0490. The SMILES string of the molecule is COc1ccc([C@H]2Nc3ccccc3C(=O)N2NC(=O)c2ccc(Br)cc2)cc1OC. The number of carbonyl (C=O) groups excluding carboxylic acids is 2. The van der Waals surface area contributed by atoms with Gasteiger partial charge in [-0.1, -0.05) is 34.1 Å². The van der Waals surface area contributed by atoms with Crippen LogP contribution in [0.1, 0.15) is 32.4 Å². The molecule has 0 bridgehead atoms. The Morgan fingerprint density at radius 2 is 1.71 bits per heavy atom. The van der Waals surface area contributed by atoms with Crippen LogP contribution >= 0.6 is 15.9 Å². The van der Waals surface area contributed by atoms with E-state index in [2.05, 4.69) is 26.7 Å². The molecule has 0 saturated heterocycles. The van der Waals surface area contributed by atoms with Gasteiger partial charge in [-0.15, -0.1) is 0 Å². The number of methoxy groups -OCH3 is 2. The monoisotopic (exact) mass is 481 g/mol. The van der Waals surface area contributed by atoms with Crippen molar-refractivity contribution in [3.05, 3.63) is 87.9 Å². The number of nitrogens with one attached hydrogen (secondary N) is 2. The molecule has 158 valence electrons. The maximum atomic E-state index is 13.3. The normalized spacial score (nSPS) is 15.0. The molecule has 0 radical (unpaired) electrons. The summed E-state index contributed by atoms with van der Waals surface area (Å²) in [5.41, 5.74) is 5.06. The Morgan fingerprint density at radius 3 is 2.42 bits per heavy atom. The van der Waals surface area contributed by atoms with Crippen molar-refractivity contribution in [2.45, 2.75) is 6.17 Å². The number of benzene rings is 3. The third-order valence-corrected chi connectivity index (χ3v) is 5.51. The molecule has 0 fully saturated rings. The van der Waals surface area contributed by atoms with Crippen molar-refractivity contribution in [3.63, 3.8) is 0 Å². The Bertz CT molecular complexity index is 1130. The quantitative estimate of drug-likeness (QED) is 0.565. The van der Waals surface area contributed by atoms with Crippen LogP contribution in [0.3, 0.4) is 0 Å². The fourth-order valence-electron chi connectivity index (χ4n) is 3.40. The first-order valence-electron chi connectivity index (χ1n) is 9.49. The van der Waals surface area contributed by atoms with Crippen LogP contribution in [0.2, 0.25) is 0 Å². The lowest BCUT2D eigenvalue weighted by Crippen LogP contribution is -2.52. The van der Waals surface area contributed by atoms with Crippen molar-refractivity contribution in [1.29, 1.82) is 0 Å². The van der Waals surface area contributed by atoms with E-state index in [4.69, 9.17) is 9.47 Å². The number of anilines is 1. The molecule has 0 aliphatic carbocycles. The summed E-state index contributed by atoms with van der Waals surface area (Å²) in [6.07, 6.45) is -0.651. The summed E-state index contributed by atoms with van der Waals surface area (Å²) in [7, 11) is 3.10. The number of para-hydroxylation sites is 1. The van der Waals surface area contributed by atoms with Crippen molar-refractivity contribution in [2.75, 3.05) is 19.5 Å². The number of rotatable bonds is 5. The molecule has 4 rings (SSSR count). The second kappa shape index (κ2) is 8.69. The molecule has 7 nitrogen and oxygen atoms in total. The molecule has 0 spiro atoms. The van der Waals surface area contributed by atoms with E-state index in [1.54, 1.807) is 62.8 Å². The molecule has 1 aliphatic heterocycles. The fourth-order valence-corrected chi connectivity index (χ4v) is 3.66. The van der Waals surface area contributed by atoms with Crippen molar-refractivity contribution >= 4 is 33.4 Å². The summed E-state index contributed by atoms with van der Waals surface area (Å²) < 4.78 is 11.6. The molecule has 0 unspecified atom stereocenters. The first-order chi connectivity index (χ1) is 15.0. The molecule has 2 N–H and O–H groups in total. The number of halogens is 1.